The monoisotopic (exact) mass is 582 g/mol. The molecule has 0 bridgehead atoms. The van der Waals surface area contributed by atoms with Gasteiger partial charge in [0, 0.05) is 5.56 Å². The Labute approximate surface area is 266 Å². The van der Waals surface area contributed by atoms with Gasteiger partial charge in [-0.05, 0) is 96.2 Å². The quantitative estimate of drug-likeness (QED) is 0.276. The van der Waals surface area contributed by atoms with Crippen molar-refractivity contribution < 1.29 is 43.0 Å². The minimum atomic E-state index is -1.03. The first kappa shape index (κ1) is 33.8. The standard InChI is InChI=1S/C34H41NO5S.Li/c1-24-9-6-7-14-29(24)31-20-27(15-16-30(31)33(36)35-32(34(37)38)17-18-41-2)22-39-21-26-12-8-13-28(19-26)40-23-25-10-4-3-5-11-25;/h6-9,12-16,19-20,25,32H,3-5,10-11,17-18,21-23H2,1-2H3,(H,35,36)(H,37,38);/q;+1. The summed E-state index contributed by atoms with van der Waals surface area (Å²) in [5, 5.41) is 12.3. The molecule has 0 spiro atoms. The molecule has 1 aliphatic rings. The smallest absolute Gasteiger partial charge is 0.493 e. The molecule has 2 N–H and O–H groups in total. The van der Waals surface area contributed by atoms with Gasteiger partial charge in [-0.15, -0.1) is 0 Å². The van der Waals surface area contributed by atoms with Gasteiger partial charge in [-0.2, -0.15) is 11.8 Å². The SMILES string of the molecule is CSCCC(NC(=O)c1ccc(COCc2cccc(OCC3CCCCC3)c2)cc1-c1ccccc1C)C(=O)O.[Li+]. The van der Waals surface area contributed by atoms with Gasteiger partial charge in [-0.3, -0.25) is 4.79 Å². The van der Waals surface area contributed by atoms with Gasteiger partial charge in [0.1, 0.15) is 11.8 Å². The molecule has 0 aliphatic heterocycles. The van der Waals surface area contributed by atoms with Crippen molar-refractivity contribution in [2.45, 2.75) is 64.7 Å². The summed E-state index contributed by atoms with van der Waals surface area (Å²) in [6.45, 7) is 3.59. The van der Waals surface area contributed by atoms with E-state index in [4.69, 9.17) is 9.47 Å². The molecule has 1 aliphatic carbocycles. The average Bonchev–Trinajstić information content (AvgIpc) is 2.99. The zero-order valence-electron chi connectivity index (χ0n) is 25.1. The van der Waals surface area contributed by atoms with Gasteiger partial charge < -0.3 is 19.9 Å². The Hall–Kier alpha value is -2.69. The number of aliphatic carboxylic acids is 1. The van der Waals surface area contributed by atoms with Crippen molar-refractivity contribution in [3.8, 4) is 16.9 Å². The molecule has 3 aromatic rings. The van der Waals surface area contributed by atoms with Crippen LogP contribution in [-0.2, 0) is 22.7 Å². The molecule has 1 atom stereocenters. The molecule has 42 heavy (non-hydrogen) atoms. The van der Waals surface area contributed by atoms with Gasteiger partial charge in [0.25, 0.3) is 5.91 Å². The minimum Gasteiger partial charge on any atom is -0.493 e. The Morgan fingerprint density at radius 2 is 1.69 bits per heavy atom. The molecule has 1 unspecified atom stereocenters. The number of ether oxygens (including phenoxy) is 2. The number of aryl methyl sites for hydroxylation is 1. The summed E-state index contributed by atoms with van der Waals surface area (Å²) in [5.74, 6) is 0.758. The summed E-state index contributed by atoms with van der Waals surface area (Å²) in [6, 6.07) is 20.6. The van der Waals surface area contributed by atoms with Crippen molar-refractivity contribution in [1.82, 2.24) is 5.32 Å². The maximum Gasteiger partial charge on any atom is 1.00 e. The number of carbonyl (C=O) groups is 2. The third-order valence-corrected chi connectivity index (χ3v) is 8.27. The number of hydrogen-bond acceptors (Lipinski definition) is 5. The first-order valence-electron chi connectivity index (χ1n) is 14.5. The van der Waals surface area contributed by atoms with Crippen LogP contribution >= 0.6 is 11.8 Å². The van der Waals surface area contributed by atoms with Gasteiger partial charge in [-0.1, -0.05) is 61.7 Å². The van der Waals surface area contributed by atoms with Crippen molar-refractivity contribution >= 4 is 23.6 Å². The fourth-order valence-electron chi connectivity index (χ4n) is 5.29. The minimum absolute atomic E-state index is 0. The fraction of sp³-hybridized carbons (Fsp3) is 0.412. The number of hydrogen-bond donors (Lipinski definition) is 2. The number of carboxylic acid groups (broad SMARTS) is 1. The third-order valence-electron chi connectivity index (χ3n) is 7.62. The first-order chi connectivity index (χ1) is 19.9. The number of amides is 1. The van der Waals surface area contributed by atoms with Gasteiger partial charge in [0.15, 0.2) is 0 Å². The zero-order chi connectivity index (χ0) is 29.0. The van der Waals surface area contributed by atoms with Crippen molar-refractivity contribution in [3.05, 3.63) is 89.0 Å². The molecular formula is C34H41LiNO5S+. The summed E-state index contributed by atoms with van der Waals surface area (Å²) < 4.78 is 12.2. The molecule has 8 heteroatoms. The van der Waals surface area contributed by atoms with E-state index in [9.17, 15) is 14.7 Å². The fourth-order valence-corrected chi connectivity index (χ4v) is 5.76. The zero-order valence-corrected chi connectivity index (χ0v) is 25.9. The van der Waals surface area contributed by atoms with E-state index < -0.39 is 17.9 Å². The number of rotatable bonds is 14. The molecule has 1 amide bonds. The number of nitrogens with one attached hydrogen (secondary N) is 1. The maximum atomic E-state index is 13.3. The second-order valence-corrected chi connectivity index (χ2v) is 11.8. The molecule has 3 aromatic carbocycles. The molecule has 0 heterocycles. The van der Waals surface area contributed by atoms with Crippen LogP contribution in [0.5, 0.6) is 5.75 Å². The largest absolute Gasteiger partial charge is 1.00 e. The van der Waals surface area contributed by atoms with Crippen LogP contribution in [0.1, 0.15) is 65.6 Å². The summed E-state index contributed by atoms with van der Waals surface area (Å²) >= 11 is 1.55. The van der Waals surface area contributed by atoms with E-state index >= 15 is 0 Å². The van der Waals surface area contributed by atoms with Crippen molar-refractivity contribution in [1.29, 1.82) is 0 Å². The van der Waals surface area contributed by atoms with Crippen LogP contribution in [0.3, 0.4) is 0 Å². The van der Waals surface area contributed by atoms with E-state index in [1.54, 1.807) is 17.8 Å². The van der Waals surface area contributed by atoms with Crippen molar-refractivity contribution in [3.63, 3.8) is 0 Å². The second-order valence-electron chi connectivity index (χ2n) is 10.8. The molecule has 0 aromatic heterocycles. The summed E-state index contributed by atoms with van der Waals surface area (Å²) in [6.07, 6.45) is 8.74. The van der Waals surface area contributed by atoms with E-state index in [1.807, 2.05) is 73.8 Å². The maximum absolute atomic E-state index is 13.3. The van der Waals surface area contributed by atoms with Crippen LogP contribution in [0, 0.1) is 12.8 Å². The molecule has 1 fully saturated rings. The van der Waals surface area contributed by atoms with Crippen LogP contribution in [0.15, 0.2) is 66.7 Å². The predicted molar refractivity (Wildman–Crippen MR) is 166 cm³/mol. The number of thioether (sulfide) groups is 1. The van der Waals surface area contributed by atoms with Crippen LogP contribution < -0.4 is 28.9 Å². The normalized spacial score (nSPS) is 14.0. The topological polar surface area (TPSA) is 84.9 Å². The molecule has 0 radical (unpaired) electrons. The third kappa shape index (κ3) is 9.95. The van der Waals surface area contributed by atoms with Crippen LogP contribution in [0.25, 0.3) is 11.1 Å². The molecule has 218 valence electrons. The first-order valence-corrected chi connectivity index (χ1v) is 15.8. The molecule has 1 saturated carbocycles. The van der Waals surface area contributed by atoms with E-state index in [0.29, 0.717) is 36.9 Å². The Bertz CT molecular complexity index is 1310. The second kappa shape index (κ2) is 17.4. The Morgan fingerprint density at radius 3 is 2.40 bits per heavy atom. The van der Waals surface area contributed by atoms with Gasteiger partial charge in [-0.25, -0.2) is 4.79 Å². The van der Waals surface area contributed by atoms with E-state index in [1.165, 1.54) is 32.1 Å². The van der Waals surface area contributed by atoms with Crippen LogP contribution in [-0.4, -0.2) is 41.6 Å². The van der Waals surface area contributed by atoms with Crippen molar-refractivity contribution in [2.24, 2.45) is 5.92 Å². The van der Waals surface area contributed by atoms with E-state index in [-0.39, 0.29) is 18.9 Å². The number of carboxylic acids is 1. The van der Waals surface area contributed by atoms with Gasteiger partial charge >= 0.3 is 24.8 Å². The van der Waals surface area contributed by atoms with E-state index in [0.717, 1.165) is 40.2 Å². The number of carbonyl (C=O) groups excluding carboxylic acids is 1. The van der Waals surface area contributed by atoms with Crippen LogP contribution in [0.4, 0.5) is 0 Å². The number of benzene rings is 3. The summed E-state index contributed by atoms with van der Waals surface area (Å²) in [4.78, 5) is 25.1. The molecular weight excluding hydrogens is 541 g/mol. The Morgan fingerprint density at radius 1 is 0.952 bits per heavy atom. The Balaban J connectivity index is 0.00000484. The van der Waals surface area contributed by atoms with Crippen molar-refractivity contribution in [2.75, 3.05) is 18.6 Å². The van der Waals surface area contributed by atoms with E-state index in [2.05, 4.69) is 5.32 Å². The van der Waals surface area contributed by atoms with Gasteiger partial charge in [0.05, 0.1) is 19.8 Å². The predicted octanol–water partition coefficient (Wildman–Crippen LogP) is 4.28. The molecule has 0 saturated heterocycles. The summed E-state index contributed by atoms with van der Waals surface area (Å²) in [5.41, 5.74) is 5.14. The average molecular weight is 583 g/mol. The Kier molecular flexibility index (Phi) is 14.0. The molecule has 6 nitrogen and oxygen atoms in total. The molecule has 4 rings (SSSR count). The van der Waals surface area contributed by atoms with Gasteiger partial charge in [0.2, 0.25) is 0 Å². The van der Waals surface area contributed by atoms with Crippen LogP contribution in [0.2, 0.25) is 0 Å². The summed E-state index contributed by atoms with van der Waals surface area (Å²) in [7, 11) is 0.